The van der Waals surface area contributed by atoms with Gasteiger partial charge in [0.1, 0.15) is 5.25 Å². The van der Waals surface area contributed by atoms with Gasteiger partial charge in [0, 0.05) is 16.3 Å². The summed E-state index contributed by atoms with van der Waals surface area (Å²) in [5.41, 5.74) is 0.314. The number of halogens is 3. The molecule has 0 fully saturated rings. The number of alkyl halides is 3. The molecule has 0 radical (unpaired) electrons. The Kier molecular flexibility index (Phi) is 8.75. The monoisotopic (exact) mass is 554 g/mol. The molecule has 202 valence electrons. The maximum atomic E-state index is 13.2. The molecular formula is C29H25F3N2O4S. The van der Waals surface area contributed by atoms with Crippen molar-refractivity contribution >= 4 is 40.9 Å². The van der Waals surface area contributed by atoms with Gasteiger partial charge < -0.3 is 15.7 Å². The van der Waals surface area contributed by atoms with Crippen LogP contribution in [0.4, 0.5) is 24.5 Å². The lowest BCUT2D eigenvalue weighted by atomic mass is 9.82. The summed E-state index contributed by atoms with van der Waals surface area (Å²) in [6.45, 7) is 0. The van der Waals surface area contributed by atoms with E-state index in [1.807, 2.05) is 0 Å². The number of allylic oxidation sites excluding steroid dienone is 2. The van der Waals surface area contributed by atoms with E-state index in [2.05, 4.69) is 10.6 Å². The summed E-state index contributed by atoms with van der Waals surface area (Å²) >= 11 is 1.21. The average Bonchev–Trinajstić information content (AvgIpc) is 2.92. The van der Waals surface area contributed by atoms with Gasteiger partial charge in [-0.1, -0.05) is 48.6 Å². The van der Waals surface area contributed by atoms with E-state index in [0.717, 1.165) is 12.1 Å². The second-order valence-corrected chi connectivity index (χ2v) is 10.2. The fraction of sp³-hybridized carbons (Fsp3) is 0.207. The van der Waals surface area contributed by atoms with Gasteiger partial charge in [-0.25, -0.2) is 0 Å². The number of hydrogen-bond donors (Lipinski definition) is 3. The first-order valence-corrected chi connectivity index (χ1v) is 13.0. The third-order valence-electron chi connectivity index (χ3n) is 6.26. The molecule has 1 aliphatic carbocycles. The van der Waals surface area contributed by atoms with Gasteiger partial charge in [0.2, 0.25) is 11.8 Å². The molecule has 0 spiro atoms. The Balaban J connectivity index is 1.48. The minimum atomic E-state index is -4.53. The number of carboxylic acids is 1. The normalized spacial score (nSPS) is 17.7. The highest BCUT2D eigenvalue weighted by Gasteiger charge is 2.34. The van der Waals surface area contributed by atoms with Crippen molar-refractivity contribution in [2.45, 2.75) is 29.2 Å². The lowest BCUT2D eigenvalue weighted by Crippen LogP contribution is -2.34. The Morgan fingerprint density at radius 2 is 1.49 bits per heavy atom. The number of nitrogens with one attached hydrogen (secondary N) is 2. The molecular weight excluding hydrogens is 529 g/mol. The number of aliphatic carboxylic acids is 1. The lowest BCUT2D eigenvalue weighted by molar-refractivity contribution is -0.146. The number of thioether (sulfide) groups is 1. The molecule has 3 aromatic carbocycles. The SMILES string of the molecule is O=C(Nc1cccc(C(F)(F)F)c1)C(Sc1ccc(NC(=O)C2CC=CCC2C(=O)O)cc1)c1ccccc1. The van der Waals surface area contributed by atoms with Crippen molar-refractivity contribution in [3.63, 3.8) is 0 Å². The number of hydrogen-bond acceptors (Lipinski definition) is 4. The molecule has 0 bridgehead atoms. The third kappa shape index (κ3) is 7.29. The summed E-state index contributed by atoms with van der Waals surface area (Å²) < 4.78 is 39.3. The summed E-state index contributed by atoms with van der Waals surface area (Å²) in [6, 6.07) is 20.0. The van der Waals surface area contributed by atoms with E-state index < -0.39 is 40.7 Å². The lowest BCUT2D eigenvalue weighted by Gasteiger charge is -2.24. The molecule has 0 aliphatic heterocycles. The molecule has 39 heavy (non-hydrogen) atoms. The molecule has 0 saturated heterocycles. The quantitative estimate of drug-likeness (QED) is 0.211. The van der Waals surface area contributed by atoms with Gasteiger partial charge >= 0.3 is 12.1 Å². The molecule has 10 heteroatoms. The van der Waals surface area contributed by atoms with Crippen LogP contribution in [-0.2, 0) is 20.6 Å². The van der Waals surface area contributed by atoms with Crippen molar-refractivity contribution in [2.24, 2.45) is 11.8 Å². The van der Waals surface area contributed by atoms with Crippen LogP contribution in [0.25, 0.3) is 0 Å². The first-order valence-electron chi connectivity index (χ1n) is 12.1. The number of carbonyl (C=O) groups is 3. The number of carboxylic acid groups (broad SMARTS) is 1. The Hall–Kier alpha value is -4.05. The number of carbonyl (C=O) groups excluding carboxylic acids is 2. The average molecular weight is 555 g/mol. The minimum Gasteiger partial charge on any atom is -0.481 e. The van der Waals surface area contributed by atoms with E-state index in [4.69, 9.17) is 0 Å². The highest BCUT2D eigenvalue weighted by atomic mass is 32.2. The maximum Gasteiger partial charge on any atom is 0.416 e. The molecule has 3 N–H and O–H groups in total. The first kappa shape index (κ1) is 28.0. The second-order valence-electron chi connectivity index (χ2n) is 8.98. The van der Waals surface area contributed by atoms with Crippen LogP contribution >= 0.6 is 11.8 Å². The van der Waals surface area contributed by atoms with E-state index in [1.165, 1.54) is 23.9 Å². The van der Waals surface area contributed by atoms with Crippen molar-refractivity contribution in [2.75, 3.05) is 10.6 Å². The van der Waals surface area contributed by atoms with E-state index in [1.54, 1.807) is 66.7 Å². The third-order valence-corrected chi connectivity index (χ3v) is 7.53. The van der Waals surface area contributed by atoms with Crippen molar-refractivity contribution in [1.82, 2.24) is 0 Å². The van der Waals surface area contributed by atoms with E-state index >= 15 is 0 Å². The van der Waals surface area contributed by atoms with E-state index in [9.17, 15) is 32.7 Å². The summed E-state index contributed by atoms with van der Waals surface area (Å²) in [5.74, 6) is -3.35. The van der Waals surface area contributed by atoms with Crippen LogP contribution in [0.5, 0.6) is 0 Å². The summed E-state index contributed by atoms with van der Waals surface area (Å²) in [4.78, 5) is 38.2. The van der Waals surface area contributed by atoms with Gasteiger partial charge in [-0.3, -0.25) is 14.4 Å². The standard InChI is InChI=1S/C29H25F3N2O4S/c30-29(31,32)19-9-6-10-21(17-19)34-27(36)25(18-7-2-1-3-8-18)39-22-15-13-20(14-16-22)33-26(35)23-11-4-5-12-24(23)28(37)38/h1-10,13-17,23-25H,11-12H2,(H,33,35)(H,34,36)(H,37,38). The minimum absolute atomic E-state index is 0.0339. The van der Waals surface area contributed by atoms with Crippen LogP contribution in [0.2, 0.25) is 0 Å². The molecule has 3 unspecified atom stereocenters. The van der Waals surface area contributed by atoms with E-state index in [-0.39, 0.29) is 11.6 Å². The predicted octanol–water partition coefficient (Wildman–Crippen LogP) is 6.78. The molecule has 2 amide bonds. The summed E-state index contributed by atoms with van der Waals surface area (Å²) in [7, 11) is 0. The highest BCUT2D eigenvalue weighted by Crippen LogP contribution is 2.37. The van der Waals surface area contributed by atoms with Crippen LogP contribution < -0.4 is 10.6 Å². The fourth-order valence-electron chi connectivity index (χ4n) is 4.25. The van der Waals surface area contributed by atoms with Gasteiger partial charge in [-0.05, 0) is 60.9 Å². The number of benzene rings is 3. The van der Waals surface area contributed by atoms with Gasteiger partial charge in [-0.15, -0.1) is 11.8 Å². The van der Waals surface area contributed by atoms with Gasteiger partial charge in [0.15, 0.2) is 0 Å². The smallest absolute Gasteiger partial charge is 0.416 e. The Bertz CT molecular complexity index is 1360. The van der Waals surface area contributed by atoms with Crippen molar-refractivity contribution < 1.29 is 32.7 Å². The van der Waals surface area contributed by atoms with Crippen LogP contribution in [0.3, 0.4) is 0 Å². The molecule has 0 saturated carbocycles. The summed E-state index contributed by atoms with van der Waals surface area (Å²) in [5, 5.41) is 14.0. The van der Waals surface area contributed by atoms with Crippen molar-refractivity contribution in [3.8, 4) is 0 Å². The Labute approximate surface area is 227 Å². The largest absolute Gasteiger partial charge is 0.481 e. The molecule has 3 atom stereocenters. The maximum absolute atomic E-state index is 13.2. The number of amides is 2. The second kappa shape index (κ2) is 12.2. The zero-order valence-corrected chi connectivity index (χ0v) is 21.3. The van der Waals surface area contributed by atoms with Crippen LogP contribution in [0.15, 0.2) is 95.9 Å². The van der Waals surface area contributed by atoms with Gasteiger partial charge in [0.25, 0.3) is 0 Å². The number of anilines is 2. The van der Waals surface area contributed by atoms with Gasteiger partial charge in [0.05, 0.1) is 17.4 Å². The molecule has 3 aromatic rings. The van der Waals surface area contributed by atoms with E-state index in [0.29, 0.717) is 29.0 Å². The van der Waals surface area contributed by atoms with Gasteiger partial charge in [-0.2, -0.15) is 13.2 Å². The molecule has 0 aromatic heterocycles. The highest BCUT2D eigenvalue weighted by molar-refractivity contribution is 8.00. The molecule has 0 heterocycles. The van der Waals surface area contributed by atoms with Crippen molar-refractivity contribution in [3.05, 3.63) is 102 Å². The molecule has 4 rings (SSSR count). The zero-order chi connectivity index (χ0) is 28.0. The Morgan fingerprint density at radius 1 is 0.821 bits per heavy atom. The predicted molar refractivity (Wildman–Crippen MR) is 143 cm³/mol. The number of rotatable bonds is 8. The molecule has 6 nitrogen and oxygen atoms in total. The molecule has 1 aliphatic rings. The summed E-state index contributed by atoms with van der Waals surface area (Å²) in [6.07, 6.45) is -0.324. The zero-order valence-electron chi connectivity index (χ0n) is 20.5. The van der Waals surface area contributed by atoms with Crippen LogP contribution in [-0.4, -0.2) is 22.9 Å². The van der Waals surface area contributed by atoms with Crippen molar-refractivity contribution in [1.29, 1.82) is 0 Å². The fourth-order valence-corrected chi connectivity index (χ4v) is 5.27. The van der Waals surface area contributed by atoms with Crippen LogP contribution in [0.1, 0.15) is 29.2 Å². The Morgan fingerprint density at radius 3 is 2.13 bits per heavy atom. The van der Waals surface area contributed by atoms with Crippen LogP contribution in [0, 0.1) is 11.8 Å². The topological polar surface area (TPSA) is 95.5 Å². The first-order chi connectivity index (χ1) is 18.6.